The molecule has 6 bridgehead atoms. The van der Waals surface area contributed by atoms with Crippen molar-refractivity contribution in [1.82, 2.24) is 7.05 Å². The second-order valence-electron chi connectivity index (χ2n) is 34.8. The molecule has 0 N–H and O–H groups in total. The van der Waals surface area contributed by atoms with Gasteiger partial charge in [0.2, 0.25) is 0 Å². The molecule has 0 saturated heterocycles. The van der Waals surface area contributed by atoms with Gasteiger partial charge in [-0.25, -0.2) is 0 Å². The fourth-order valence-corrected chi connectivity index (χ4v) is 44.7. The number of unbranched alkanes of at least 4 members (excludes halogenated alkanes) is 26. The Morgan fingerprint density at radius 1 is 0.223 bits per heavy atom. The number of hydrogen-bond acceptors (Lipinski definition) is 16. The summed E-state index contributed by atoms with van der Waals surface area (Å²) in [6.07, 6.45) is 40.5. The van der Waals surface area contributed by atoms with Gasteiger partial charge in [-0.2, -0.15) is 0 Å². The van der Waals surface area contributed by atoms with Crippen LogP contribution in [0.25, 0.3) is 21.5 Å². The molecule has 0 radical (unpaired) electrons. The van der Waals surface area contributed by atoms with Crippen LogP contribution < -0.4 is 48.9 Å². The molecule has 0 amide bonds. The summed E-state index contributed by atoms with van der Waals surface area (Å²) >= 11 is -6.27. The van der Waals surface area contributed by atoms with Gasteiger partial charge in [0, 0.05) is 0 Å². The Bertz CT molecular complexity index is 4120. The van der Waals surface area contributed by atoms with Crippen molar-refractivity contribution in [1.29, 1.82) is 0 Å². The van der Waals surface area contributed by atoms with Crippen LogP contribution in [0.1, 0.15) is 376 Å². The van der Waals surface area contributed by atoms with Crippen LogP contribution in [-0.4, -0.2) is 114 Å². The normalized spacial score (nSPS) is 13.8. The molecule has 18 nitrogen and oxygen atoms in total. The van der Waals surface area contributed by atoms with Crippen molar-refractivity contribution in [3.63, 3.8) is 0 Å². The summed E-state index contributed by atoms with van der Waals surface area (Å²) < 4.78 is 84.6. The third-order valence-corrected chi connectivity index (χ3v) is 46.6. The van der Waals surface area contributed by atoms with Crippen LogP contribution in [0.5, 0.6) is 46.0 Å². The zero-order valence-electron chi connectivity index (χ0n) is 78.0. The molecule has 4 aliphatic heterocycles. The third-order valence-electron chi connectivity index (χ3n) is 24.6. The number of nitrogens with zero attached hydrogens (tertiary/aromatic N) is 8. The van der Waals surface area contributed by atoms with E-state index in [1.807, 2.05) is 0 Å². The van der Waals surface area contributed by atoms with E-state index >= 15 is 0 Å². The van der Waals surface area contributed by atoms with Crippen molar-refractivity contribution in [2.75, 3.05) is 52.9 Å². The van der Waals surface area contributed by atoms with E-state index in [9.17, 15) is 6.91 Å². The maximum atomic E-state index is 10.2. The molecule has 6 heterocycles. The molecule has 0 atom stereocenters. The fourth-order valence-electron chi connectivity index (χ4n) is 17.5. The van der Waals surface area contributed by atoms with Crippen LogP contribution in [0.4, 0.5) is 11.6 Å². The first-order valence-electron chi connectivity index (χ1n) is 49.4. The van der Waals surface area contributed by atoms with Crippen LogP contribution in [0.15, 0.2) is 78.5 Å². The molecule has 6 aromatic rings. The molecule has 0 fully saturated rings. The molecule has 0 unspecified atom stereocenters. The third kappa shape index (κ3) is 24.6. The molecule has 10 rings (SSSR count). The Kier molecular flexibility index (Phi) is 41.0. The standard InChI is InChI=1S/C100H158GeN8O10Si2/c1-15-29-43-49-71-120(72-50-44-30-16-2,73-51-45-31-17-3)118-101(119-121(74-52-46-32-18-4,75-53-47-33-19-5)76-54-48-34-20-6)108-97-89-81(114-67-39-25-11)59-60-82(115-68-40-26-12)90(89)99(108)106-95-87-79(112-65-37-23-9)57-58-80(113-66-38-24-10)88(87)96(103-95)107-100-92-84(117-70-42-28-14)62-61-83(116-69-41-27-13)91(92)98(109(100)101)105-94-86-78(111-64-36-22-8)56-55-77(110-63-35-21-7)85(86)93(102-94)104-97/h55-62H,15-54,63-76H2,1-14H3. The van der Waals surface area contributed by atoms with E-state index in [1.54, 1.807) is 0 Å². The summed E-state index contributed by atoms with van der Waals surface area (Å²) in [6.45, 7) is 35.7. The first kappa shape index (κ1) is 96.7. The zero-order chi connectivity index (χ0) is 85.7. The topological polar surface area (TPSA) is 176 Å². The van der Waals surface area contributed by atoms with Gasteiger partial charge in [-0.15, -0.1) is 0 Å². The van der Waals surface area contributed by atoms with Gasteiger partial charge in [0.1, 0.15) is 0 Å². The average Bonchev–Trinajstić information content (AvgIpc) is 1.52. The number of fused-ring (bicyclic) bond motifs is 14. The van der Waals surface area contributed by atoms with E-state index in [4.69, 9.17) is 67.8 Å². The summed E-state index contributed by atoms with van der Waals surface area (Å²) in [4.78, 5) is 38.2. The predicted molar refractivity (Wildman–Crippen MR) is 512 cm³/mol. The van der Waals surface area contributed by atoms with Crippen LogP contribution in [0, 0.1) is 0 Å². The van der Waals surface area contributed by atoms with Gasteiger partial charge >= 0.3 is 740 Å². The van der Waals surface area contributed by atoms with Crippen LogP contribution in [0.2, 0.25) is 36.3 Å². The monoisotopic (exact) mass is 1760 g/mol. The number of amidine groups is 4. The van der Waals surface area contributed by atoms with Crippen molar-refractivity contribution in [2.24, 2.45) is 30.0 Å². The number of hydrogen-bond donors (Lipinski definition) is 0. The molecule has 0 aliphatic carbocycles. The van der Waals surface area contributed by atoms with E-state index < -0.39 is 31.0 Å². The van der Waals surface area contributed by atoms with Crippen molar-refractivity contribution in [2.45, 2.75) is 390 Å². The van der Waals surface area contributed by atoms with Gasteiger partial charge in [0.05, 0.1) is 0 Å². The Labute approximate surface area is 735 Å². The summed E-state index contributed by atoms with van der Waals surface area (Å²) in [7, 11) is -6.68. The Morgan fingerprint density at radius 2 is 0.430 bits per heavy atom. The Hall–Kier alpha value is -6.46. The predicted octanol–water partition coefficient (Wildman–Crippen LogP) is 28.2. The number of ether oxygens (including phenoxy) is 8. The van der Waals surface area contributed by atoms with Gasteiger partial charge in [0.25, 0.3) is 0 Å². The summed E-state index contributed by atoms with van der Waals surface area (Å²) in [5.74, 6) is 8.17. The number of aromatic nitrogens is 2. The van der Waals surface area contributed by atoms with Gasteiger partial charge in [-0.3, -0.25) is 0 Å². The Morgan fingerprint density at radius 3 is 0.661 bits per heavy atom. The molecule has 670 valence electrons. The SMILES string of the molecule is CCCCCC[Si](CCCCCC)(CCCCCC)[O][Ge]1([O][Si](CCCCCC)(CCCCCC)CCCCCC)[n]2c3c4c(OCCCC)ccc(OCCCC)c4c2N=C2N=C(N=c4c5c(OCCCC)ccc(OCCCC)c5c([n]41)=NC1=NC(=N3)c3c(OCCCC)ccc(OCCCC)c31)c1c(OCCCC)ccc(OCCCC)c12. The quantitative estimate of drug-likeness (QED) is 0.0264. The molecule has 2 aromatic heterocycles. The van der Waals surface area contributed by atoms with E-state index in [0.29, 0.717) is 167 Å². The van der Waals surface area contributed by atoms with E-state index in [2.05, 4.69) is 153 Å². The van der Waals surface area contributed by atoms with Crippen molar-refractivity contribution < 1.29 is 44.8 Å². The summed E-state index contributed by atoms with van der Waals surface area (Å²) in [5.41, 5.74) is 4.01. The maximum absolute atomic E-state index is 10.2. The minimum absolute atomic E-state index is 0.440. The number of aliphatic imine (C=N–C) groups is 4. The zero-order valence-corrected chi connectivity index (χ0v) is 82.1. The van der Waals surface area contributed by atoms with E-state index in [0.717, 1.165) is 315 Å². The summed E-state index contributed by atoms with van der Waals surface area (Å²) in [5, 5.41) is 2.98. The second-order valence-corrected chi connectivity index (χ2v) is 49.7. The van der Waals surface area contributed by atoms with Gasteiger partial charge in [0.15, 0.2) is 0 Å². The van der Waals surface area contributed by atoms with Crippen LogP contribution >= 0.6 is 0 Å². The van der Waals surface area contributed by atoms with E-state index in [1.165, 1.54) is 0 Å². The van der Waals surface area contributed by atoms with Crippen LogP contribution in [0.3, 0.4) is 0 Å². The average molecular weight is 1760 g/mol. The first-order chi connectivity index (χ1) is 59.4. The van der Waals surface area contributed by atoms with Gasteiger partial charge < -0.3 is 0 Å². The van der Waals surface area contributed by atoms with E-state index in [-0.39, 0.29) is 0 Å². The molecular formula is C100H158GeN8O10Si2. The van der Waals surface area contributed by atoms with Crippen molar-refractivity contribution in [3.8, 4) is 46.0 Å². The van der Waals surface area contributed by atoms with Crippen LogP contribution in [-0.2, 0) is 6.91 Å². The molecule has 4 aromatic carbocycles. The number of benzene rings is 4. The molecule has 4 aliphatic rings. The molecule has 121 heavy (non-hydrogen) atoms. The molecular weight excluding hydrogens is 1600 g/mol. The number of rotatable bonds is 66. The fraction of sp³-hybridized carbons (Fsp3) is 0.680. The Balaban J connectivity index is 1.67. The minimum atomic E-state index is -6.27. The van der Waals surface area contributed by atoms with Gasteiger partial charge in [-0.05, 0) is 0 Å². The van der Waals surface area contributed by atoms with Crippen molar-refractivity contribution in [3.05, 3.63) is 81.8 Å². The molecule has 0 spiro atoms. The van der Waals surface area contributed by atoms with Gasteiger partial charge in [-0.1, -0.05) is 0 Å². The molecule has 21 heteroatoms. The van der Waals surface area contributed by atoms with Crippen molar-refractivity contribution >= 4 is 87.5 Å². The second kappa shape index (κ2) is 51.2. The molecule has 0 saturated carbocycles. The first-order valence-corrected chi connectivity index (χ1v) is 58.1. The summed E-state index contributed by atoms with van der Waals surface area (Å²) in [6, 6.07) is 22.6.